The number of nitrogens with zero attached hydrogens (tertiary/aromatic N) is 4. The quantitative estimate of drug-likeness (QED) is 0.761. The summed E-state index contributed by atoms with van der Waals surface area (Å²) in [5.41, 5.74) is 0.965. The maximum Gasteiger partial charge on any atom is 0.262 e. The number of hydrogen-bond acceptors (Lipinski definition) is 5. The van der Waals surface area contributed by atoms with Crippen molar-refractivity contribution in [3.63, 3.8) is 0 Å². The zero-order valence-electron chi connectivity index (χ0n) is 9.49. The molecule has 1 N–H and O–H groups in total. The first kappa shape index (κ1) is 10.8. The topological polar surface area (TPSA) is 72.2 Å². The maximum absolute atomic E-state index is 12.1. The van der Waals surface area contributed by atoms with Crippen LogP contribution in [0.15, 0.2) is 30.9 Å². The van der Waals surface area contributed by atoms with Crippen molar-refractivity contribution in [1.29, 1.82) is 0 Å². The van der Waals surface area contributed by atoms with Gasteiger partial charge in [-0.1, -0.05) is 0 Å². The summed E-state index contributed by atoms with van der Waals surface area (Å²) in [7, 11) is 0. The minimum atomic E-state index is -0.252. The summed E-state index contributed by atoms with van der Waals surface area (Å²) < 4.78 is 1.56. The molecule has 3 heterocycles. The van der Waals surface area contributed by atoms with Gasteiger partial charge >= 0.3 is 0 Å². The molecule has 0 aliphatic heterocycles. The second-order valence-electron chi connectivity index (χ2n) is 3.68. The van der Waals surface area contributed by atoms with Crippen LogP contribution in [-0.2, 0) is 0 Å². The highest BCUT2D eigenvalue weighted by Gasteiger charge is 2.14. The van der Waals surface area contributed by atoms with E-state index in [9.17, 15) is 4.79 Å². The molecule has 0 bridgehead atoms. The number of anilines is 1. The third-order valence-corrected chi connectivity index (χ3v) is 3.19. The van der Waals surface area contributed by atoms with Crippen LogP contribution in [0.1, 0.15) is 15.2 Å². The highest BCUT2D eigenvalue weighted by Crippen LogP contribution is 2.18. The first-order valence-corrected chi connectivity index (χ1v) is 6.08. The first-order valence-electron chi connectivity index (χ1n) is 5.26. The Labute approximate surface area is 106 Å². The fourth-order valence-corrected chi connectivity index (χ4v) is 2.22. The van der Waals surface area contributed by atoms with E-state index in [2.05, 4.69) is 20.4 Å². The molecule has 0 spiro atoms. The first-order chi connectivity index (χ1) is 8.74. The lowest BCUT2D eigenvalue weighted by Gasteiger charge is -1.98. The van der Waals surface area contributed by atoms with Crippen molar-refractivity contribution in [3.05, 3.63) is 41.3 Å². The molecule has 3 aromatic heterocycles. The van der Waals surface area contributed by atoms with Crippen LogP contribution in [0.4, 0.5) is 5.13 Å². The van der Waals surface area contributed by atoms with Crippen LogP contribution in [-0.4, -0.2) is 25.5 Å². The van der Waals surface area contributed by atoms with Crippen LogP contribution in [0, 0.1) is 6.92 Å². The Bertz CT molecular complexity index is 717. The predicted octanol–water partition coefficient (Wildman–Crippen LogP) is 1.75. The monoisotopic (exact) mass is 259 g/mol. The van der Waals surface area contributed by atoms with Gasteiger partial charge in [0.25, 0.3) is 5.91 Å². The minimum Gasteiger partial charge on any atom is -0.298 e. The van der Waals surface area contributed by atoms with Crippen molar-refractivity contribution in [3.8, 4) is 0 Å². The number of amides is 1. The Morgan fingerprint density at radius 3 is 3.06 bits per heavy atom. The molecule has 18 heavy (non-hydrogen) atoms. The molecule has 0 atom stereocenters. The summed E-state index contributed by atoms with van der Waals surface area (Å²) in [6.07, 6.45) is 6.58. The number of thiazole rings is 1. The molecule has 6 nitrogen and oxygen atoms in total. The van der Waals surface area contributed by atoms with Gasteiger partial charge in [-0.15, -0.1) is 11.3 Å². The average Bonchev–Trinajstić information content (AvgIpc) is 2.95. The number of aromatic nitrogens is 4. The van der Waals surface area contributed by atoms with E-state index in [1.54, 1.807) is 29.2 Å². The summed E-state index contributed by atoms with van der Waals surface area (Å²) in [5, 5.41) is 7.37. The number of aryl methyl sites for hydroxylation is 1. The fourth-order valence-electron chi connectivity index (χ4n) is 1.56. The summed E-state index contributed by atoms with van der Waals surface area (Å²) in [6, 6.07) is 1.76. The minimum absolute atomic E-state index is 0.252. The van der Waals surface area contributed by atoms with E-state index >= 15 is 0 Å². The number of carbonyl (C=O) groups excluding carboxylic acids is 1. The lowest BCUT2D eigenvalue weighted by molar-refractivity contribution is 0.102. The maximum atomic E-state index is 12.1. The Balaban J connectivity index is 1.92. The van der Waals surface area contributed by atoms with Crippen molar-refractivity contribution < 1.29 is 4.79 Å². The molecule has 3 aromatic rings. The Kier molecular flexibility index (Phi) is 2.52. The number of hydrogen-bond donors (Lipinski definition) is 1. The zero-order chi connectivity index (χ0) is 12.5. The van der Waals surface area contributed by atoms with Crippen molar-refractivity contribution in [2.45, 2.75) is 6.92 Å². The number of nitrogens with one attached hydrogen (secondary N) is 1. The molecule has 0 saturated carbocycles. The van der Waals surface area contributed by atoms with Gasteiger partial charge in [-0.2, -0.15) is 5.10 Å². The number of rotatable bonds is 2. The average molecular weight is 259 g/mol. The summed E-state index contributed by atoms with van der Waals surface area (Å²) in [6.45, 7) is 1.93. The molecule has 0 fully saturated rings. The Morgan fingerprint density at radius 2 is 2.28 bits per heavy atom. The normalized spacial score (nSPS) is 10.7. The standard InChI is InChI=1S/C11H9N5OS/c1-7-5-13-11(18-7)15-10(17)8-6-14-16-4-2-3-12-9(8)16/h2-6H,1H3,(H,13,15,17). The van der Waals surface area contributed by atoms with E-state index in [0.717, 1.165) is 4.88 Å². The molecule has 90 valence electrons. The van der Waals surface area contributed by atoms with E-state index in [0.29, 0.717) is 16.3 Å². The lowest BCUT2D eigenvalue weighted by atomic mass is 10.3. The van der Waals surface area contributed by atoms with Crippen LogP contribution < -0.4 is 5.32 Å². The Hall–Kier alpha value is -2.28. The van der Waals surface area contributed by atoms with E-state index in [1.807, 2.05) is 6.92 Å². The molecule has 3 rings (SSSR count). The second kappa shape index (κ2) is 4.19. The van der Waals surface area contributed by atoms with Gasteiger partial charge in [0.05, 0.1) is 6.20 Å². The van der Waals surface area contributed by atoms with Crippen LogP contribution >= 0.6 is 11.3 Å². The highest BCUT2D eigenvalue weighted by molar-refractivity contribution is 7.15. The molecule has 0 aromatic carbocycles. The van der Waals surface area contributed by atoms with Crippen molar-refractivity contribution in [2.24, 2.45) is 0 Å². The summed E-state index contributed by atoms with van der Waals surface area (Å²) >= 11 is 1.43. The van der Waals surface area contributed by atoms with Gasteiger partial charge in [-0.25, -0.2) is 14.5 Å². The van der Waals surface area contributed by atoms with Gasteiger partial charge in [-0.3, -0.25) is 10.1 Å². The molecular formula is C11H9N5OS. The van der Waals surface area contributed by atoms with Crippen LogP contribution in [0.25, 0.3) is 5.65 Å². The SMILES string of the molecule is Cc1cnc(NC(=O)c2cnn3cccnc23)s1. The van der Waals surface area contributed by atoms with Crippen LogP contribution in [0.5, 0.6) is 0 Å². The molecule has 0 radical (unpaired) electrons. The molecular weight excluding hydrogens is 250 g/mol. The lowest BCUT2D eigenvalue weighted by Crippen LogP contribution is -2.11. The van der Waals surface area contributed by atoms with Gasteiger partial charge in [0.1, 0.15) is 5.56 Å². The van der Waals surface area contributed by atoms with Gasteiger partial charge in [0.15, 0.2) is 10.8 Å². The molecule has 0 saturated heterocycles. The van der Waals surface area contributed by atoms with E-state index in [-0.39, 0.29) is 5.91 Å². The fraction of sp³-hybridized carbons (Fsp3) is 0.0909. The van der Waals surface area contributed by atoms with Crippen LogP contribution in [0.2, 0.25) is 0 Å². The largest absolute Gasteiger partial charge is 0.298 e. The number of fused-ring (bicyclic) bond motifs is 1. The van der Waals surface area contributed by atoms with Crippen molar-refractivity contribution in [1.82, 2.24) is 19.6 Å². The van der Waals surface area contributed by atoms with Gasteiger partial charge in [0, 0.05) is 23.5 Å². The number of carbonyl (C=O) groups is 1. The third kappa shape index (κ3) is 1.84. The smallest absolute Gasteiger partial charge is 0.262 e. The van der Waals surface area contributed by atoms with E-state index in [1.165, 1.54) is 17.5 Å². The molecule has 7 heteroatoms. The summed E-state index contributed by atoms with van der Waals surface area (Å²) in [5.74, 6) is -0.252. The molecule has 0 aliphatic carbocycles. The van der Waals surface area contributed by atoms with E-state index in [4.69, 9.17) is 0 Å². The van der Waals surface area contributed by atoms with Crippen LogP contribution in [0.3, 0.4) is 0 Å². The third-order valence-electron chi connectivity index (χ3n) is 2.37. The van der Waals surface area contributed by atoms with Gasteiger partial charge in [-0.05, 0) is 13.0 Å². The Morgan fingerprint density at radius 1 is 1.39 bits per heavy atom. The molecule has 0 aliphatic rings. The van der Waals surface area contributed by atoms with Crippen molar-refractivity contribution in [2.75, 3.05) is 5.32 Å². The highest BCUT2D eigenvalue weighted by atomic mass is 32.1. The zero-order valence-corrected chi connectivity index (χ0v) is 10.3. The molecule has 0 unspecified atom stereocenters. The van der Waals surface area contributed by atoms with Gasteiger partial charge in [0.2, 0.25) is 0 Å². The van der Waals surface area contributed by atoms with E-state index < -0.39 is 0 Å². The second-order valence-corrected chi connectivity index (χ2v) is 4.91. The predicted molar refractivity (Wildman–Crippen MR) is 67.8 cm³/mol. The summed E-state index contributed by atoms with van der Waals surface area (Å²) in [4.78, 5) is 21.3. The van der Waals surface area contributed by atoms with Gasteiger partial charge < -0.3 is 0 Å². The van der Waals surface area contributed by atoms with Crippen molar-refractivity contribution >= 4 is 28.0 Å². The molecule has 1 amide bonds.